The Hall–Kier alpha value is -2.82. The van der Waals surface area contributed by atoms with E-state index in [-0.39, 0.29) is 11.8 Å². The van der Waals surface area contributed by atoms with E-state index in [0.717, 1.165) is 56.8 Å². The monoisotopic (exact) mass is 405 g/mol. The summed E-state index contributed by atoms with van der Waals surface area (Å²) < 4.78 is 0. The number of nitrogens with one attached hydrogen (secondary N) is 2. The topological polar surface area (TPSA) is 61.4 Å². The standard InChI is InChI=1S/C25H31N3O2/c1-3-18-4-6-19(7-5-18)24(29)27-21-10-11-23(28-14-12-17(2)13-15-28)22(16-21)25(30)26-20-8-9-20/h4-7,10-11,16-17,20H,3,8-9,12-15H2,1-2H3,(H,26,30)(H,27,29). The van der Waals surface area contributed by atoms with Gasteiger partial charge in [0.2, 0.25) is 0 Å². The first-order valence-corrected chi connectivity index (χ1v) is 11.1. The van der Waals surface area contributed by atoms with Gasteiger partial charge in [0, 0.05) is 36.1 Å². The number of rotatable bonds is 6. The number of hydrogen-bond acceptors (Lipinski definition) is 3. The zero-order valence-corrected chi connectivity index (χ0v) is 17.9. The van der Waals surface area contributed by atoms with Crippen LogP contribution in [0.15, 0.2) is 42.5 Å². The summed E-state index contributed by atoms with van der Waals surface area (Å²) in [5, 5.41) is 6.06. The molecule has 1 aliphatic heterocycles. The van der Waals surface area contributed by atoms with Gasteiger partial charge in [-0.1, -0.05) is 26.0 Å². The molecule has 30 heavy (non-hydrogen) atoms. The Balaban J connectivity index is 1.55. The van der Waals surface area contributed by atoms with E-state index >= 15 is 0 Å². The fraction of sp³-hybridized carbons (Fsp3) is 0.440. The number of benzene rings is 2. The van der Waals surface area contributed by atoms with Gasteiger partial charge in [-0.2, -0.15) is 0 Å². The Labute approximate surface area is 178 Å². The summed E-state index contributed by atoms with van der Waals surface area (Å²) in [6, 6.07) is 13.6. The highest BCUT2D eigenvalue weighted by Crippen LogP contribution is 2.30. The molecule has 0 atom stereocenters. The number of amides is 2. The van der Waals surface area contributed by atoms with Crippen LogP contribution in [0, 0.1) is 5.92 Å². The fourth-order valence-electron chi connectivity index (χ4n) is 3.91. The number of anilines is 2. The molecular formula is C25H31N3O2. The van der Waals surface area contributed by atoms with Crippen molar-refractivity contribution in [3.8, 4) is 0 Å². The number of aryl methyl sites for hydroxylation is 1. The van der Waals surface area contributed by atoms with Crippen molar-refractivity contribution in [1.82, 2.24) is 5.32 Å². The highest BCUT2D eigenvalue weighted by molar-refractivity contribution is 6.06. The van der Waals surface area contributed by atoms with E-state index in [1.807, 2.05) is 42.5 Å². The molecule has 1 heterocycles. The average Bonchev–Trinajstić information content (AvgIpc) is 3.58. The lowest BCUT2D eigenvalue weighted by molar-refractivity contribution is 0.0950. The maximum atomic E-state index is 13.0. The molecule has 2 fully saturated rings. The van der Waals surface area contributed by atoms with Gasteiger partial charge in [-0.05, 0) is 73.9 Å². The molecule has 5 heteroatoms. The van der Waals surface area contributed by atoms with Crippen LogP contribution in [0.25, 0.3) is 0 Å². The van der Waals surface area contributed by atoms with Crippen molar-refractivity contribution in [3.05, 3.63) is 59.2 Å². The van der Waals surface area contributed by atoms with E-state index in [4.69, 9.17) is 0 Å². The molecule has 1 aliphatic carbocycles. The smallest absolute Gasteiger partial charge is 0.255 e. The number of carbonyl (C=O) groups is 2. The van der Waals surface area contributed by atoms with Crippen LogP contribution >= 0.6 is 0 Å². The van der Waals surface area contributed by atoms with Gasteiger partial charge in [0.1, 0.15) is 0 Å². The summed E-state index contributed by atoms with van der Waals surface area (Å²) in [4.78, 5) is 27.9. The van der Waals surface area contributed by atoms with Crippen LogP contribution < -0.4 is 15.5 Å². The SMILES string of the molecule is CCc1ccc(C(=O)Nc2ccc(N3CCC(C)CC3)c(C(=O)NC3CC3)c2)cc1. The second kappa shape index (κ2) is 8.90. The minimum Gasteiger partial charge on any atom is -0.371 e. The lowest BCUT2D eigenvalue weighted by Crippen LogP contribution is -2.35. The van der Waals surface area contributed by atoms with Gasteiger partial charge in [0.05, 0.1) is 5.56 Å². The van der Waals surface area contributed by atoms with Crippen LogP contribution in [0.5, 0.6) is 0 Å². The quantitative estimate of drug-likeness (QED) is 0.737. The molecule has 0 unspecified atom stereocenters. The highest BCUT2D eigenvalue weighted by atomic mass is 16.2. The molecule has 0 bridgehead atoms. The fourth-order valence-corrected chi connectivity index (χ4v) is 3.91. The molecule has 5 nitrogen and oxygen atoms in total. The molecule has 2 amide bonds. The van der Waals surface area contributed by atoms with Crippen molar-refractivity contribution in [3.63, 3.8) is 0 Å². The first-order valence-electron chi connectivity index (χ1n) is 11.1. The minimum absolute atomic E-state index is 0.0467. The van der Waals surface area contributed by atoms with Crippen molar-refractivity contribution in [2.45, 2.75) is 52.0 Å². The van der Waals surface area contributed by atoms with Crippen molar-refractivity contribution >= 4 is 23.2 Å². The Morgan fingerprint density at radius 2 is 1.67 bits per heavy atom. The molecule has 0 spiro atoms. The third kappa shape index (κ3) is 4.84. The molecule has 0 aromatic heterocycles. The molecule has 1 saturated carbocycles. The van der Waals surface area contributed by atoms with Crippen LogP contribution in [-0.4, -0.2) is 30.9 Å². The van der Waals surface area contributed by atoms with Gasteiger partial charge in [-0.15, -0.1) is 0 Å². The first-order chi connectivity index (χ1) is 14.5. The van der Waals surface area contributed by atoms with Crippen LogP contribution in [0.1, 0.15) is 65.8 Å². The summed E-state index contributed by atoms with van der Waals surface area (Å²) in [6.45, 7) is 6.29. The molecule has 2 aliphatic rings. The van der Waals surface area contributed by atoms with Gasteiger partial charge in [0.25, 0.3) is 11.8 Å². The van der Waals surface area contributed by atoms with E-state index in [0.29, 0.717) is 22.9 Å². The minimum atomic E-state index is -0.161. The predicted molar refractivity (Wildman–Crippen MR) is 121 cm³/mol. The van der Waals surface area contributed by atoms with Crippen LogP contribution in [0.3, 0.4) is 0 Å². The average molecular weight is 406 g/mol. The molecule has 4 rings (SSSR count). The van der Waals surface area contributed by atoms with Gasteiger partial charge in [-0.25, -0.2) is 0 Å². The van der Waals surface area contributed by atoms with E-state index in [1.165, 1.54) is 5.56 Å². The Bertz CT molecular complexity index is 910. The molecule has 1 saturated heterocycles. The Morgan fingerprint density at radius 3 is 2.30 bits per heavy atom. The van der Waals surface area contributed by atoms with Gasteiger partial charge in [-0.3, -0.25) is 9.59 Å². The highest BCUT2D eigenvalue weighted by Gasteiger charge is 2.27. The van der Waals surface area contributed by atoms with E-state index < -0.39 is 0 Å². The van der Waals surface area contributed by atoms with Crippen LogP contribution in [0.2, 0.25) is 0 Å². The molecule has 2 N–H and O–H groups in total. The second-order valence-electron chi connectivity index (χ2n) is 8.65. The molecule has 2 aromatic rings. The summed E-state index contributed by atoms with van der Waals surface area (Å²) >= 11 is 0. The second-order valence-corrected chi connectivity index (χ2v) is 8.65. The third-order valence-electron chi connectivity index (χ3n) is 6.16. The first kappa shape index (κ1) is 20.5. The summed E-state index contributed by atoms with van der Waals surface area (Å²) in [5.41, 5.74) is 4.08. The molecular weight excluding hydrogens is 374 g/mol. The van der Waals surface area contributed by atoms with Crippen molar-refractivity contribution in [1.29, 1.82) is 0 Å². The van der Waals surface area contributed by atoms with Gasteiger partial charge >= 0.3 is 0 Å². The van der Waals surface area contributed by atoms with Gasteiger partial charge < -0.3 is 15.5 Å². The summed E-state index contributed by atoms with van der Waals surface area (Å²) in [5.74, 6) is 0.517. The zero-order valence-electron chi connectivity index (χ0n) is 17.9. The lowest BCUT2D eigenvalue weighted by atomic mass is 9.97. The number of piperidine rings is 1. The Kier molecular flexibility index (Phi) is 6.07. The van der Waals surface area contributed by atoms with E-state index in [9.17, 15) is 9.59 Å². The number of nitrogens with zero attached hydrogens (tertiary/aromatic N) is 1. The largest absolute Gasteiger partial charge is 0.371 e. The normalized spacial score (nSPS) is 16.9. The van der Waals surface area contributed by atoms with Crippen molar-refractivity contribution in [2.75, 3.05) is 23.3 Å². The summed E-state index contributed by atoms with van der Waals surface area (Å²) in [6.07, 6.45) is 5.31. The van der Waals surface area contributed by atoms with Gasteiger partial charge in [0.15, 0.2) is 0 Å². The van der Waals surface area contributed by atoms with Crippen LogP contribution in [0.4, 0.5) is 11.4 Å². The predicted octanol–water partition coefficient (Wildman–Crippen LogP) is 4.63. The summed E-state index contributed by atoms with van der Waals surface area (Å²) in [7, 11) is 0. The lowest BCUT2D eigenvalue weighted by Gasteiger charge is -2.33. The maximum Gasteiger partial charge on any atom is 0.255 e. The Morgan fingerprint density at radius 1 is 0.967 bits per heavy atom. The third-order valence-corrected chi connectivity index (χ3v) is 6.16. The molecule has 158 valence electrons. The van der Waals surface area contributed by atoms with E-state index in [1.54, 1.807) is 0 Å². The maximum absolute atomic E-state index is 13.0. The number of hydrogen-bond donors (Lipinski definition) is 2. The number of carbonyl (C=O) groups excluding carboxylic acids is 2. The van der Waals surface area contributed by atoms with E-state index in [2.05, 4.69) is 29.4 Å². The zero-order chi connectivity index (χ0) is 21.1. The van der Waals surface area contributed by atoms with Crippen LogP contribution in [-0.2, 0) is 6.42 Å². The molecule has 2 aromatic carbocycles. The van der Waals surface area contributed by atoms with Crippen molar-refractivity contribution < 1.29 is 9.59 Å². The molecule has 0 radical (unpaired) electrons. The van der Waals surface area contributed by atoms with Crippen molar-refractivity contribution in [2.24, 2.45) is 5.92 Å².